The van der Waals surface area contributed by atoms with Crippen molar-refractivity contribution in [3.63, 3.8) is 0 Å². The summed E-state index contributed by atoms with van der Waals surface area (Å²) in [4.78, 5) is 11.1. The van der Waals surface area contributed by atoms with Gasteiger partial charge in [-0.1, -0.05) is 30.4 Å². The molecule has 0 amide bonds. The van der Waals surface area contributed by atoms with Gasteiger partial charge in [0, 0.05) is 17.7 Å². The smallest absolute Gasteiger partial charge is 0.305 e. The molecule has 1 fully saturated rings. The highest BCUT2D eigenvalue weighted by Gasteiger charge is 2.42. The number of benzene rings is 1. The number of halogens is 1. The standard InChI is InChI=1S/C22H29ClO4/c1-27-21(26)7-5-3-2-4-6-17-18(23)13-20(25)22(17)15-8-10-16-14(12-15)9-11-19(16)24/h2,4,8,10,12,17-20,22,24-25H,3,5-7,9,11,13H2,1H3/b4-2-/t17-,18-,19?,20+,22+/m0/s1. The molecule has 2 aliphatic carbocycles. The fourth-order valence-corrected chi connectivity index (χ4v) is 4.93. The molecule has 0 radical (unpaired) electrons. The molecule has 4 nitrogen and oxygen atoms in total. The van der Waals surface area contributed by atoms with E-state index in [1.165, 1.54) is 12.7 Å². The van der Waals surface area contributed by atoms with E-state index in [1.54, 1.807) is 0 Å². The monoisotopic (exact) mass is 392 g/mol. The van der Waals surface area contributed by atoms with Crippen LogP contribution in [0.3, 0.4) is 0 Å². The molecule has 0 bridgehead atoms. The zero-order valence-electron chi connectivity index (χ0n) is 15.8. The second kappa shape index (κ2) is 9.22. The van der Waals surface area contributed by atoms with Crippen LogP contribution in [0.15, 0.2) is 30.4 Å². The van der Waals surface area contributed by atoms with E-state index in [9.17, 15) is 15.0 Å². The first kappa shape index (κ1) is 20.4. The van der Waals surface area contributed by atoms with Crippen LogP contribution >= 0.6 is 11.6 Å². The molecule has 1 aromatic rings. The quantitative estimate of drug-likeness (QED) is 0.318. The van der Waals surface area contributed by atoms with Crippen LogP contribution in [0.4, 0.5) is 0 Å². The van der Waals surface area contributed by atoms with Gasteiger partial charge in [0.25, 0.3) is 0 Å². The molecule has 1 unspecified atom stereocenters. The van der Waals surface area contributed by atoms with Gasteiger partial charge in [-0.25, -0.2) is 0 Å². The molecule has 27 heavy (non-hydrogen) atoms. The number of rotatable bonds is 7. The summed E-state index contributed by atoms with van der Waals surface area (Å²) in [6.45, 7) is 0. The summed E-state index contributed by atoms with van der Waals surface area (Å²) in [5.41, 5.74) is 3.35. The third-order valence-electron chi connectivity index (χ3n) is 5.96. The number of alkyl halides is 1. The van der Waals surface area contributed by atoms with Crippen LogP contribution in [0.2, 0.25) is 0 Å². The highest BCUT2D eigenvalue weighted by molar-refractivity contribution is 6.21. The van der Waals surface area contributed by atoms with E-state index >= 15 is 0 Å². The van der Waals surface area contributed by atoms with E-state index in [-0.39, 0.29) is 29.3 Å². The highest BCUT2D eigenvalue weighted by Crippen LogP contribution is 2.46. The van der Waals surface area contributed by atoms with Crippen LogP contribution in [0.1, 0.15) is 67.2 Å². The van der Waals surface area contributed by atoms with Gasteiger partial charge >= 0.3 is 5.97 Å². The van der Waals surface area contributed by atoms with Gasteiger partial charge in [-0.05, 0) is 61.1 Å². The summed E-state index contributed by atoms with van der Waals surface area (Å²) in [7, 11) is 1.41. The van der Waals surface area contributed by atoms with Gasteiger partial charge in [0.2, 0.25) is 0 Å². The van der Waals surface area contributed by atoms with Gasteiger partial charge in [-0.2, -0.15) is 0 Å². The van der Waals surface area contributed by atoms with E-state index in [0.29, 0.717) is 12.8 Å². The average molecular weight is 393 g/mol. The van der Waals surface area contributed by atoms with Gasteiger partial charge in [0.05, 0.1) is 19.3 Å². The Kier molecular flexibility index (Phi) is 6.96. The highest BCUT2D eigenvalue weighted by atomic mass is 35.5. The summed E-state index contributed by atoms with van der Waals surface area (Å²) in [6.07, 6.45) is 8.56. The first-order valence-electron chi connectivity index (χ1n) is 9.86. The minimum absolute atomic E-state index is 0.0234. The van der Waals surface area contributed by atoms with Gasteiger partial charge < -0.3 is 14.9 Å². The zero-order valence-corrected chi connectivity index (χ0v) is 16.6. The molecule has 2 N–H and O–H groups in total. The average Bonchev–Trinajstić information content (AvgIpc) is 3.16. The van der Waals surface area contributed by atoms with Crippen molar-refractivity contribution in [3.05, 3.63) is 47.0 Å². The predicted octanol–water partition coefficient (Wildman–Crippen LogP) is 4.03. The van der Waals surface area contributed by atoms with Gasteiger partial charge in [-0.3, -0.25) is 4.79 Å². The molecule has 1 saturated carbocycles. The lowest BCUT2D eigenvalue weighted by Gasteiger charge is -2.23. The molecule has 5 atom stereocenters. The number of aryl methyl sites for hydroxylation is 1. The summed E-state index contributed by atoms with van der Waals surface area (Å²) in [5.74, 6) is 0.0306. The third-order valence-corrected chi connectivity index (χ3v) is 6.46. The normalized spacial score (nSPS) is 30.0. The maximum absolute atomic E-state index is 11.1. The van der Waals surface area contributed by atoms with Crippen molar-refractivity contribution in [2.45, 2.75) is 68.4 Å². The molecule has 0 heterocycles. The van der Waals surface area contributed by atoms with E-state index in [1.807, 2.05) is 12.1 Å². The molecule has 0 aliphatic heterocycles. The summed E-state index contributed by atoms with van der Waals surface area (Å²) in [5, 5.41) is 20.6. The largest absolute Gasteiger partial charge is 0.469 e. The number of allylic oxidation sites excluding steroid dienone is 2. The number of unbranched alkanes of at least 4 members (excludes halogenated alkanes) is 1. The number of carbonyl (C=O) groups is 1. The molecule has 148 valence electrons. The number of methoxy groups -OCH3 is 1. The number of fused-ring (bicyclic) bond motifs is 1. The molecular weight excluding hydrogens is 364 g/mol. The van der Waals surface area contributed by atoms with Crippen LogP contribution in [0, 0.1) is 5.92 Å². The fraction of sp³-hybridized carbons (Fsp3) is 0.591. The van der Waals surface area contributed by atoms with Crippen LogP contribution < -0.4 is 0 Å². The number of hydrogen-bond donors (Lipinski definition) is 2. The number of hydrogen-bond acceptors (Lipinski definition) is 4. The van der Waals surface area contributed by atoms with Gasteiger partial charge in [0.15, 0.2) is 0 Å². The second-order valence-electron chi connectivity index (χ2n) is 7.70. The Labute approximate surface area is 166 Å². The first-order valence-corrected chi connectivity index (χ1v) is 10.3. The number of aliphatic hydroxyl groups is 2. The predicted molar refractivity (Wildman–Crippen MR) is 106 cm³/mol. The Hall–Kier alpha value is -1.36. The summed E-state index contributed by atoms with van der Waals surface area (Å²) >= 11 is 6.56. The molecule has 0 aromatic heterocycles. The maximum atomic E-state index is 11.1. The lowest BCUT2D eigenvalue weighted by Crippen LogP contribution is -2.18. The number of esters is 1. The van der Waals surface area contributed by atoms with Crippen molar-refractivity contribution >= 4 is 17.6 Å². The number of carbonyl (C=O) groups excluding carboxylic acids is 1. The summed E-state index contributed by atoms with van der Waals surface area (Å²) < 4.78 is 4.64. The minimum Gasteiger partial charge on any atom is -0.469 e. The van der Waals surface area contributed by atoms with Gasteiger partial charge in [0.1, 0.15) is 0 Å². The van der Waals surface area contributed by atoms with Gasteiger partial charge in [-0.15, -0.1) is 11.6 Å². The molecule has 1 aromatic carbocycles. The topological polar surface area (TPSA) is 66.8 Å². The minimum atomic E-state index is -0.436. The second-order valence-corrected chi connectivity index (χ2v) is 8.26. The molecule has 0 saturated heterocycles. The molecular formula is C22H29ClO4. The van der Waals surface area contributed by atoms with Crippen molar-refractivity contribution in [2.75, 3.05) is 7.11 Å². The Morgan fingerprint density at radius 3 is 2.93 bits per heavy atom. The van der Waals surface area contributed by atoms with Crippen molar-refractivity contribution in [3.8, 4) is 0 Å². The van der Waals surface area contributed by atoms with E-state index in [0.717, 1.165) is 43.2 Å². The van der Waals surface area contributed by atoms with Crippen LogP contribution in [0.25, 0.3) is 0 Å². The third kappa shape index (κ3) is 4.74. The van der Waals surface area contributed by atoms with E-state index in [2.05, 4.69) is 23.0 Å². The Morgan fingerprint density at radius 2 is 2.15 bits per heavy atom. The number of aliphatic hydroxyl groups excluding tert-OH is 2. The van der Waals surface area contributed by atoms with E-state index < -0.39 is 6.10 Å². The maximum Gasteiger partial charge on any atom is 0.305 e. The lowest BCUT2D eigenvalue weighted by atomic mass is 9.84. The Morgan fingerprint density at radius 1 is 1.33 bits per heavy atom. The SMILES string of the molecule is COC(=O)CCC/C=C\C[C@@H]1[C@@H](c2ccc3c(c2)CCC3O)[C@H](O)C[C@@H]1Cl. The van der Waals surface area contributed by atoms with Crippen molar-refractivity contribution in [1.29, 1.82) is 0 Å². The van der Waals surface area contributed by atoms with Crippen LogP contribution in [0.5, 0.6) is 0 Å². The van der Waals surface area contributed by atoms with Crippen molar-refractivity contribution in [2.24, 2.45) is 5.92 Å². The Bertz CT molecular complexity index is 687. The summed E-state index contributed by atoms with van der Waals surface area (Å²) in [6, 6.07) is 6.21. The molecule has 2 aliphatic rings. The lowest BCUT2D eigenvalue weighted by molar-refractivity contribution is -0.140. The molecule has 3 rings (SSSR count). The molecule has 0 spiro atoms. The van der Waals surface area contributed by atoms with Crippen LogP contribution in [-0.4, -0.2) is 34.8 Å². The number of ether oxygens (including phenoxy) is 1. The van der Waals surface area contributed by atoms with Crippen molar-refractivity contribution < 1.29 is 19.7 Å². The van der Waals surface area contributed by atoms with E-state index in [4.69, 9.17) is 11.6 Å². The Balaban J connectivity index is 1.63. The first-order chi connectivity index (χ1) is 13.0. The fourth-order valence-electron chi connectivity index (χ4n) is 4.49. The van der Waals surface area contributed by atoms with Crippen LogP contribution in [-0.2, 0) is 16.0 Å². The zero-order chi connectivity index (χ0) is 19.4. The van der Waals surface area contributed by atoms with Crippen molar-refractivity contribution in [1.82, 2.24) is 0 Å². The molecule has 5 heteroatoms.